The summed E-state index contributed by atoms with van der Waals surface area (Å²) < 4.78 is 1.05. The van der Waals surface area contributed by atoms with Gasteiger partial charge in [-0.15, -0.1) is 11.3 Å². The first-order chi connectivity index (χ1) is 6.31. The normalized spacial score (nSPS) is 10.5. The maximum absolute atomic E-state index is 10.4. The molecule has 0 N–H and O–H groups in total. The van der Waals surface area contributed by atoms with Crippen molar-refractivity contribution in [3.05, 3.63) is 28.2 Å². The SMILES string of the molecule is O=CCc1cc(Cl)cc2ncsc12. The first-order valence-electron chi connectivity index (χ1n) is 3.76. The summed E-state index contributed by atoms with van der Waals surface area (Å²) in [7, 11) is 0. The van der Waals surface area contributed by atoms with E-state index in [1.165, 1.54) is 11.3 Å². The van der Waals surface area contributed by atoms with Crippen LogP contribution < -0.4 is 0 Å². The summed E-state index contributed by atoms with van der Waals surface area (Å²) in [6.45, 7) is 0. The van der Waals surface area contributed by atoms with Crippen LogP contribution in [-0.2, 0) is 11.2 Å². The van der Waals surface area contributed by atoms with Gasteiger partial charge in [0.2, 0.25) is 0 Å². The summed E-state index contributed by atoms with van der Waals surface area (Å²) in [4.78, 5) is 14.5. The van der Waals surface area contributed by atoms with E-state index >= 15 is 0 Å². The van der Waals surface area contributed by atoms with E-state index in [1.807, 2.05) is 12.1 Å². The Morgan fingerprint density at radius 2 is 2.38 bits per heavy atom. The van der Waals surface area contributed by atoms with E-state index in [-0.39, 0.29) is 0 Å². The molecule has 4 heteroatoms. The van der Waals surface area contributed by atoms with Gasteiger partial charge in [-0.05, 0) is 17.7 Å². The molecular weight excluding hydrogens is 206 g/mol. The Balaban J connectivity index is 2.69. The molecular formula is C9H6ClNOS. The van der Waals surface area contributed by atoms with E-state index in [0.717, 1.165) is 22.1 Å². The summed E-state index contributed by atoms with van der Waals surface area (Å²) in [5.41, 5.74) is 3.59. The van der Waals surface area contributed by atoms with E-state index < -0.39 is 0 Å². The van der Waals surface area contributed by atoms with Gasteiger partial charge in [0.05, 0.1) is 15.7 Å². The molecule has 0 bridgehead atoms. The molecule has 0 unspecified atom stereocenters. The Morgan fingerprint density at radius 3 is 3.15 bits per heavy atom. The van der Waals surface area contributed by atoms with Gasteiger partial charge in [-0.1, -0.05) is 11.6 Å². The molecule has 0 atom stereocenters. The minimum Gasteiger partial charge on any atom is -0.303 e. The number of hydrogen-bond donors (Lipinski definition) is 0. The lowest BCUT2D eigenvalue weighted by Crippen LogP contribution is -1.86. The Kier molecular flexibility index (Phi) is 2.29. The second kappa shape index (κ2) is 3.44. The van der Waals surface area contributed by atoms with Crippen molar-refractivity contribution < 1.29 is 4.79 Å². The highest BCUT2D eigenvalue weighted by Gasteiger charge is 2.04. The highest BCUT2D eigenvalue weighted by molar-refractivity contribution is 7.17. The third-order valence-corrected chi connectivity index (χ3v) is 2.91. The molecule has 0 fully saturated rings. The van der Waals surface area contributed by atoms with Crippen LogP contribution in [0.5, 0.6) is 0 Å². The molecule has 1 aromatic carbocycles. The quantitative estimate of drug-likeness (QED) is 0.715. The van der Waals surface area contributed by atoms with E-state index in [2.05, 4.69) is 4.98 Å². The number of hydrogen-bond acceptors (Lipinski definition) is 3. The first-order valence-corrected chi connectivity index (χ1v) is 5.02. The van der Waals surface area contributed by atoms with Gasteiger partial charge < -0.3 is 4.79 Å². The highest BCUT2D eigenvalue weighted by atomic mass is 35.5. The van der Waals surface area contributed by atoms with Crippen molar-refractivity contribution in [2.75, 3.05) is 0 Å². The zero-order valence-electron chi connectivity index (χ0n) is 6.66. The molecule has 0 radical (unpaired) electrons. The molecule has 0 aliphatic heterocycles. The third kappa shape index (κ3) is 1.57. The van der Waals surface area contributed by atoms with Gasteiger partial charge in [-0.2, -0.15) is 0 Å². The fraction of sp³-hybridized carbons (Fsp3) is 0.111. The third-order valence-electron chi connectivity index (χ3n) is 1.78. The van der Waals surface area contributed by atoms with Crippen LogP contribution in [0.2, 0.25) is 5.02 Å². The summed E-state index contributed by atoms with van der Waals surface area (Å²) >= 11 is 7.40. The lowest BCUT2D eigenvalue weighted by atomic mass is 10.1. The van der Waals surface area contributed by atoms with Crippen LogP contribution in [0.4, 0.5) is 0 Å². The van der Waals surface area contributed by atoms with Gasteiger partial charge in [0.15, 0.2) is 0 Å². The zero-order chi connectivity index (χ0) is 9.26. The number of fused-ring (bicyclic) bond motifs is 1. The van der Waals surface area contributed by atoms with E-state index in [1.54, 1.807) is 5.51 Å². The van der Waals surface area contributed by atoms with Crippen molar-refractivity contribution in [2.24, 2.45) is 0 Å². The van der Waals surface area contributed by atoms with Gasteiger partial charge >= 0.3 is 0 Å². The number of benzene rings is 1. The lowest BCUT2D eigenvalue weighted by molar-refractivity contribution is -0.107. The van der Waals surface area contributed by atoms with Gasteiger partial charge in [0.1, 0.15) is 6.29 Å². The highest BCUT2D eigenvalue weighted by Crippen LogP contribution is 2.26. The standard InChI is InChI=1S/C9H6ClNOS/c10-7-3-6(1-2-12)9-8(4-7)11-5-13-9/h2-5H,1H2. The molecule has 0 spiro atoms. The predicted octanol–water partition coefficient (Wildman–Crippen LogP) is 2.69. The van der Waals surface area contributed by atoms with Crippen LogP contribution >= 0.6 is 22.9 Å². The lowest BCUT2D eigenvalue weighted by Gasteiger charge is -1.97. The van der Waals surface area contributed by atoms with Crippen molar-refractivity contribution in [1.29, 1.82) is 0 Å². The van der Waals surface area contributed by atoms with Gasteiger partial charge in [0.25, 0.3) is 0 Å². The number of thiazole rings is 1. The molecule has 1 heterocycles. The van der Waals surface area contributed by atoms with E-state index in [4.69, 9.17) is 11.6 Å². The van der Waals surface area contributed by atoms with Crippen molar-refractivity contribution in [3.63, 3.8) is 0 Å². The largest absolute Gasteiger partial charge is 0.303 e. The van der Waals surface area contributed by atoms with E-state index in [0.29, 0.717) is 11.4 Å². The van der Waals surface area contributed by atoms with Crippen molar-refractivity contribution in [3.8, 4) is 0 Å². The number of aromatic nitrogens is 1. The second-order valence-corrected chi connectivity index (χ2v) is 3.93. The Hall–Kier alpha value is -0.930. The van der Waals surface area contributed by atoms with Crippen LogP contribution in [0, 0.1) is 0 Å². The molecule has 2 rings (SSSR count). The first kappa shape index (κ1) is 8.66. The second-order valence-electron chi connectivity index (χ2n) is 2.64. The molecule has 0 aliphatic carbocycles. The van der Waals surface area contributed by atoms with Gasteiger partial charge in [0, 0.05) is 11.4 Å². The number of carbonyl (C=O) groups is 1. The summed E-state index contributed by atoms with van der Waals surface area (Å²) in [6.07, 6.45) is 1.28. The Bertz CT molecular complexity index is 452. The number of halogens is 1. The molecule has 0 saturated heterocycles. The zero-order valence-corrected chi connectivity index (χ0v) is 8.23. The molecule has 0 saturated carbocycles. The topological polar surface area (TPSA) is 30.0 Å². The molecule has 66 valence electrons. The summed E-state index contributed by atoms with van der Waals surface area (Å²) in [5.74, 6) is 0. The van der Waals surface area contributed by atoms with Crippen molar-refractivity contribution in [1.82, 2.24) is 4.98 Å². The number of rotatable bonds is 2. The van der Waals surface area contributed by atoms with Crippen LogP contribution in [0.3, 0.4) is 0 Å². The molecule has 2 nitrogen and oxygen atoms in total. The summed E-state index contributed by atoms with van der Waals surface area (Å²) in [6, 6.07) is 3.62. The van der Waals surface area contributed by atoms with Gasteiger partial charge in [-0.25, -0.2) is 4.98 Å². The molecule has 0 aliphatic rings. The molecule has 13 heavy (non-hydrogen) atoms. The van der Waals surface area contributed by atoms with E-state index in [9.17, 15) is 4.79 Å². The minimum absolute atomic E-state index is 0.402. The fourth-order valence-electron chi connectivity index (χ4n) is 1.24. The van der Waals surface area contributed by atoms with Crippen molar-refractivity contribution >= 4 is 39.4 Å². The smallest absolute Gasteiger partial charge is 0.124 e. The minimum atomic E-state index is 0.402. The number of aldehydes is 1. The van der Waals surface area contributed by atoms with Crippen LogP contribution in [0.15, 0.2) is 17.6 Å². The van der Waals surface area contributed by atoms with Gasteiger partial charge in [-0.3, -0.25) is 0 Å². The maximum atomic E-state index is 10.4. The molecule has 0 amide bonds. The predicted molar refractivity (Wildman–Crippen MR) is 54.4 cm³/mol. The Labute approximate surface area is 84.2 Å². The maximum Gasteiger partial charge on any atom is 0.124 e. The van der Waals surface area contributed by atoms with Crippen LogP contribution in [0.1, 0.15) is 5.56 Å². The number of carbonyl (C=O) groups excluding carboxylic acids is 1. The number of nitrogens with zero attached hydrogens (tertiary/aromatic N) is 1. The fourth-order valence-corrected chi connectivity index (χ4v) is 2.28. The average molecular weight is 212 g/mol. The van der Waals surface area contributed by atoms with Crippen LogP contribution in [-0.4, -0.2) is 11.3 Å². The average Bonchev–Trinajstić information content (AvgIpc) is 2.52. The monoisotopic (exact) mass is 211 g/mol. The van der Waals surface area contributed by atoms with Crippen molar-refractivity contribution in [2.45, 2.75) is 6.42 Å². The molecule has 1 aromatic heterocycles. The Morgan fingerprint density at radius 1 is 1.54 bits per heavy atom. The summed E-state index contributed by atoms with van der Waals surface area (Å²) in [5, 5.41) is 0.634. The van der Waals surface area contributed by atoms with Crippen LogP contribution in [0.25, 0.3) is 10.2 Å². The molecule has 2 aromatic rings.